The molecule has 0 bridgehead atoms. The fourth-order valence-corrected chi connectivity index (χ4v) is 1.63. The van der Waals surface area contributed by atoms with Gasteiger partial charge in [-0.25, -0.2) is 9.18 Å². The molecular weight excluding hydrogens is 211 g/mol. The van der Waals surface area contributed by atoms with Crippen molar-refractivity contribution >= 4 is 6.09 Å². The van der Waals surface area contributed by atoms with Gasteiger partial charge in [0.25, 0.3) is 0 Å². The van der Waals surface area contributed by atoms with E-state index in [9.17, 15) is 9.18 Å². The first kappa shape index (κ1) is 13.2. The van der Waals surface area contributed by atoms with Crippen LogP contribution in [0.4, 0.5) is 9.18 Å². The molecule has 0 aliphatic carbocycles. The highest BCUT2D eigenvalue weighted by molar-refractivity contribution is 5.67. The molecule has 1 amide bonds. The van der Waals surface area contributed by atoms with Crippen molar-refractivity contribution in [1.29, 1.82) is 0 Å². The number of carbonyl (C=O) groups excluding carboxylic acids is 1. The number of hydrogen-bond donors (Lipinski definition) is 2. The van der Waals surface area contributed by atoms with Crippen LogP contribution in [-0.4, -0.2) is 37.5 Å². The Morgan fingerprint density at radius 1 is 1.56 bits per heavy atom. The number of alkyl carbamates (subject to hydrolysis) is 1. The van der Waals surface area contributed by atoms with Gasteiger partial charge >= 0.3 is 6.09 Å². The van der Waals surface area contributed by atoms with Crippen molar-refractivity contribution in [3.8, 4) is 0 Å². The van der Waals surface area contributed by atoms with Crippen molar-refractivity contribution in [2.75, 3.05) is 19.6 Å². The predicted molar refractivity (Wildman–Crippen MR) is 60.1 cm³/mol. The lowest BCUT2D eigenvalue weighted by Gasteiger charge is -2.27. The van der Waals surface area contributed by atoms with E-state index in [0.717, 1.165) is 13.0 Å². The number of ether oxygens (including phenoxy) is 1. The molecule has 1 aliphatic heterocycles. The fourth-order valence-electron chi connectivity index (χ4n) is 1.63. The maximum absolute atomic E-state index is 13.4. The van der Waals surface area contributed by atoms with Crippen molar-refractivity contribution in [1.82, 2.24) is 10.6 Å². The Morgan fingerprint density at radius 2 is 2.25 bits per heavy atom. The molecule has 4 nitrogen and oxygen atoms in total. The van der Waals surface area contributed by atoms with Gasteiger partial charge in [-0.1, -0.05) is 0 Å². The minimum Gasteiger partial charge on any atom is -0.444 e. The summed E-state index contributed by atoms with van der Waals surface area (Å²) in [6, 6.07) is 0. The molecule has 1 aliphatic rings. The summed E-state index contributed by atoms with van der Waals surface area (Å²) in [5.41, 5.74) is -0.507. The molecule has 0 aromatic rings. The van der Waals surface area contributed by atoms with Gasteiger partial charge in [-0.3, -0.25) is 0 Å². The zero-order valence-electron chi connectivity index (χ0n) is 10.2. The molecule has 1 unspecified atom stereocenters. The highest BCUT2D eigenvalue weighted by Crippen LogP contribution is 2.15. The second-order valence-corrected chi connectivity index (χ2v) is 5.15. The largest absolute Gasteiger partial charge is 0.444 e. The summed E-state index contributed by atoms with van der Waals surface area (Å²) in [5.74, 6) is -0.103. The van der Waals surface area contributed by atoms with E-state index in [4.69, 9.17) is 4.74 Å². The number of rotatable bonds is 2. The van der Waals surface area contributed by atoms with Crippen LogP contribution in [-0.2, 0) is 4.74 Å². The third-order valence-corrected chi connectivity index (χ3v) is 2.45. The average molecular weight is 232 g/mol. The lowest BCUT2D eigenvalue weighted by atomic mass is 9.96. The maximum atomic E-state index is 13.4. The Balaban J connectivity index is 2.25. The van der Waals surface area contributed by atoms with Crippen molar-refractivity contribution in [3.63, 3.8) is 0 Å². The second kappa shape index (κ2) is 5.48. The fraction of sp³-hybridized carbons (Fsp3) is 0.909. The number of halogens is 1. The summed E-state index contributed by atoms with van der Waals surface area (Å²) in [6.45, 7) is 6.93. The van der Waals surface area contributed by atoms with Gasteiger partial charge in [0, 0.05) is 19.0 Å². The van der Waals surface area contributed by atoms with Crippen molar-refractivity contribution < 1.29 is 13.9 Å². The standard InChI is InChI=1S/C11H21FN2O2/c1-11(2,3)16-10(15)14-6-8-4-5-13-7-9(8)12/h8-9,13H,4-7H2,1-3H3,(H,14,15)/t8?,9-/m1/s1. The summed E-state index contributed by atoms with van der Waals surface area (Å²) in [7, 11) is 0. The van der Waals surface area contributed by atoms with E-state index in [-0.39, 0.29) is 5.92 Å². The summed E-state index contributed by atoms with van der Waals surface area (Å²) in [5, 5.41) is 5.58. The third kappa shape index (κ3) is 4.79. The van der Waals surface area contributed by atoms with Gasteiger partial charge < -0.3 is 15.4 Å². The van der Waals surface area contributed by atoms with Gasteiger partial charge in [-0.05, 0) is 33.7 Å². The minimum atomic E-state index is -0.885. The highest BCUT2D eigenvalue weighted by atomic mass is 19.1. The monoisotopic (exact) mass is 232 g/mol. The molecule has 0 spiro atoms. The van der Waals surface area contributed by atoms with E-state index in [1.807, 2.05) is 0 Å². The van der Waals surface area contributed by atoms with E-state index in [2.05, 4.69) is 10.6 Å². The molecule has 16 heavy (non-hydrogen) atoms. The van der Waals surface area contributed by atoms with Gasteiger partial charge in [-0.15, -0.1) is 0 Å². The molecule has 0 saturated carbocycles. The number of amides is 1. The van der Waals surface area contributed by atoms with Crippen LogP contribution >= 0.6 is 0 Å². The Labute approximate surface area is 95.9 Å². The SMILES string of the molecule is CC(C)(C)OC(=O)NCC1CCNC[C@H]1F. The topological polar surface area (TPSA) is 50.4 Å². The third-order valence-electron chi connectivity index (χ3n) is 2.45. The van der Waals surface area contributed by atoms with Crippen LogP contribution in [0, 0.1) is 5.92 Å². The number of piperidine rings is 1. The van der Waals surface area contributed by atoms with Gasteiger partial charge in [0.2, 0.25) is 0 Å². The van der Waals surface area contributed by atoms with E-state index in [1.54, 1.807) is 20.8 Å². The molecule has 1 heterocycles. The Kier molecular flexibility index (Phi) is 4.53. The highest BCUT2D eigenvalue weighted by Gasteiger charge is 2.25. The molecule has 2 atom stereocenters. The van der Waals surface area contributed by atoms with Crippen molar-refractivity contribution in [2.24, 2.45) is 5.92 Å². The van der Waals surface area contributed by atoms with Crippen LogP contribution in [0.2, 0.25) is 0 Å². The molecule has 2 N–H and O–H groups in total. The zero-order chi connectivity index (χ0) is 12.2. The van der Waals surface area contributed by atoms with Gasteiger partial charge in [-0.2, -0.15) is 0 Å². The maximum Gasteiger partial charge on any atom is 0.407 e. The summed E-state index contributed by atoms with van der Waals surface area (Å²) < 4.78 is 18.5. The Morgan fingerprint density at radius 3 is 2.81 bits per heavy atom. The molecule has 0 radical (unpaired) electrons. The van der Waals surface area contributed by atoms with Gasteiger partial charge in [0.15, 0.2) is 0 Å². The number of nitrogens with one attached hydrogen (secondary N) is 2. The van der Waals surface area contributed by atoms with Crippen LogP contribution in [0.3, 0.4) is 0 Å². The van der Waals surface area contributed by atoms with Crippen LogP contribution in [0.5, 0.6) is 0 Å². The molecule has 1 fully saturated rings. The number of hydrogen-bond acceptors (Lipinski definition) is 3. The molecule has 1 saturated heterocycles. The van der Waals surface area contributed by atoms with Crippen molar-refractivity contribution in [3.05, 3.63) is 0 Å². The van der Waals surface area contributed by atoms with Crippen LogP contribution < -0.4 is 10.6 Å². The predicted octanol–water partition coefficient (Wildman–Crippen LogP) is 1.46. The summed E-state index contributed by atoms with van der Waals surface area (Å²) in [6.07, 6.45) is -0.612. The molecule has 0 aromatic heterocycles. The first-order valence-electron chi connectivity index (χ1n) is 5.70. The quantitative estimate of drug-likeness (QED) is 0.758. The molecular formula is C11H21FN2O2. The van der Waals surface area contributed by atoms with Crippen LogP contribution in [0.15, 0.2) is 0 Å². The van der Waals surface area contributed by atoms with Gasteiger partial charge in [0.1, 0.15) is 11.8 Å². The number of alkyl halides is 1. The normalized spacial score (nSPS) is 26.2. The van der Waals surface area contributed by atoms with E-state index < -0.39 is 17.9 Å². The molecule has 94 valence electrons. The van der Waals surface area contributed by atoms with Crippen LogP contribution in [0.25, 0.3) is 0 Å². The Hall–Kier alpha value is -0.840. The van der Waals surface area contributed by atoms with Crippen molar-refractivity contribution in [2.45, 2.75) is 39.0 Å². The van der Waals surface area contributed by atoms with E-state index >= 15 is 0 Å². The summed E-state index contributed by atoms with van der Waals surface area (Å²) >= 11 is 0. The van der Waals surface area contributed by atoms with E-state index in [0.29, 0.717) is 13.1 Å². The van der Waals surface area contributed by atoms with E-state index in [1.165, 1.54) is 0 Å². The average Bonchev–Trinajstić information content (AvgIpc) is 2.14. The smallest absolute Gasteiger partial charge is 0.407 e. The molecule has 5 heteroatoms. The lowest BCUT2D eigenvalue weighted by Crippen LogP contribution is -2.44. The molecule has 1 rings (SSSR count). The number of carbonyl (C=O) groups is 1. The molecule has 0 aromatic carbocycles. The lowest BCUT2D eigenvalue weighted by molar-refractivity contribution is 0.0502. The second-order valence-electron chi connectivity index (χ2n) is 5.15. The summed E-state index contributed by atoms with van der Waals surface area (Å²) in [4.78, 5) is 11.3. The first-order valence-corrected chi connectivity index (χ1v) is 5.70. The minimum absolute atomic E-state index is 0.103. The Bertz CT molecular complexity index is 241. The first-order chi connectivity index (χ1) is 7.38. The van der Waals surface area contributed by atoms with Crippen LogP contribution in [0.1, 0.15) is 27.2 Å². The van der Waals surface area contributed by atoms with Gasteiger partial charge in [0.05, 0.1) is 0 Å². The zero-order valence-corrected chi connectivity index (χ0v) is 10.2.